The predicted octanol–water partition coefficient (Wildman–Crippen LogP) is 0.918. The van der Waals surface area contributed by atoms with Gasteiger partial charge in [-0.1, -0.05) is 12.1 Å². The summed E-state index contributed by atoms with van der Waals surface area (Å²) >= 11 is 0. The first-order chi connectivity index (χ1) is 10.9. The number of anilines is 1. The first-order valence-electron chi connectivity index (χ1n) is 6.50. The molecule has 10 heteroatoms. The van der Waals surface area contributed by atoms with Gasteiger partial charge < -0.3 is 10.2 Å². The van der Waals surface area contributed by atoms with Gasteiger partial charge in [-0.2, -0.15) is 19.5 Å². The molecule has 0 atom stereocenters. The predicted molar refractivity (Wildman–Crippen MR) is 81.3 cm³/mol. The highest BCUT2D eigenvalue weighted by molar-refractivity contribution is 7.90. The number of nitrogens with zero attached hydrogens (tertiary/aromatic N) is 5. The Hall–Kier alpha value is -3.01. The Kier molecular flexibility index (Phi) is 2.66. The summed E-state index contributed by atoms with van der Waals surface area (Å²) in [5.41, 5.74) is 7.18. The minimum absolute atomic E-state index is 0.0634. The standard InChI is InChI=1S/C13H10N6O3S/c1-23(20,21)13-16-11(14)19-12(17-13)15-10(18-19)8-3-2-4-9-7(8)5-6-22-9/h2-6H,1H3,(H2,14,15,16,17,18). The normalized spacial score (nSPS) is 12.2. The Morgan fingerprint density at radius 2 is 2.00 bits per heavy atom. The van der Waals surface area contributed by atoms with Gasteiger partial charge in [0.2, 0.25) is 15.8 Å². The second-order valence-electron chi connectivity index (χ2n) is 4.92. The van der Waals surface area contributed by atoms with Gasteiger partial charge in [-0.3, -0.25) is 0 Å². The van der Waals surface area contributed by atoms with Gasteiger partial charge in [0.25, 0.3) is 10.9 Å². The first kappa shape index (κ1) is 13.6. The number of nitrogens with two attached hydrogens (primary N) is 1. The molecule has 0 saturated heterocycles. The number of furan rings is 1. The van der Waals surface area contributed by atoms with E-state index in [1.807, 2.05) is 18.2 Å². The number of nitrogen functional groups attached to an aromatic ring is 1. The van der Waals surface area contributed by atoms with E-state index in [0.717, 1.165) is 17.2 Å². The van der Waals surface area contributed by atoms with Crippen LogP contribution in [0.2, 0.25) is 0 Å². The molecule has 9 nitrogen and oxygen atoms in total. The zero-order valence-electron chi connectivity index (χ0n) is 11.8. The number of hydrogen-bond donors (Lipinski definition) is 1. The molecule has 3 heterocycles. The molecule has 0 spiro atoms. The maximum atomic E-state index is 11.6. The lowest BCUT2D eigenvalue weighted by molar-refractivity contribution is 0.592. The van der Waals surface area contributed by atoms with Crippen molar-refractivity contribution >= 4 is 32.5 Å². The summed E-state index contributed by atoms with van der Waals surface area (Å²) in [4.78, 5) is 11.9. The van der Waals surface area contributed by atoms with E-state index in [-0.39, 0.29) is 16.9 Å². The molecule has 0 aliphatic rings. The minimum atomic E-state index is -3.60. The van der Waals surface area contributed by atoms with Crippen LogP contribution in [0.25, 0.3) is 28.1 Å². The second kappa shape index (κ2) is 4.49. The summed E-state index contributed by atoms with van der Waals surface area (Å²) in [5.74, 6) is 0.311. The van der Waals surface area contributed by atoms with Crippen LogP contribution in [-0.2, 0) is 9.84 Å². The lowest BCUT2D eigenvalue weighted by Gasteiger charge is -1.99. The average molecular weight is 330 g/mol. The summed E-state index contributed by atoms with van der Waals surface area (Å²) in [6.45, 7) is 0. The molecular formula is C13H10N6O3S. The van der Waals surface area contributed by atoms with Crippen LogP contribution in [0.4, 0.5) is 5.95 Å². The maximum Gasteiger partial charge on any atom is 0.258 e. The highest BCUT2D eigenvalue weighted by Crippen LogP contribution is 2.27. The Morgan fingerprint density at radius 3 is 2.78 bits per heavy atom. The number of hydrogen-bond acceptors (Lipinski definition) is 8. The van der Waals surface area contributed by atoms with Gasteiger partial charge in [0.15, 0.2) is 5.82 Å². The maximum absolute atomic E-state index is 11.6. The molecule has 0 bridgehead atoms. The SMILES string of the molecule is CS(=O)(=O)c1nc(N)n2nc(-c3cccc4occc34)nc2n1. The smallest absolute Gasteiger partial charge is 0.258 e. The van der Waals surface area contributed by atoms with Gasteiger partial charge >= 0.3 is 0 Å². The molecule has 0 aliphatic heterocycles. The number of sulfone groups is 1. The second-order valence-corrected chi connectivity index (χ2v) is 6.83. The molecule has 0 aliphatic carbocycles. The van der Waals surface area contributed by atoms with Crippen molar-refractivity contribution in [3.63, 3.8) is 0 Å². The first-order valence-corrected chi connectivity index (χ1v) is 8.39. The van der Waals surface area contributed by atoms with Crippen LogP contribution in [0.5, 0.6) is 0 Å². The molecule has 23 heavy (non-hydrogen) atoms. The Balaban J connectivity index is 1.99. The van der Waals surface area contributed by atoms with Crippen molar-refractivity contribution in [1.82, 2.24) is 24.6 Å². The van der Waals surface area contributed by atoms with Crippen molar-refractivity contribution in [3.05, 3.63) is 30.5 Å². The van der Waals surface area contributed by atoms with Crippen molar-refractivity contribution < 1.29 is 12.8 Å². The fraction of sp³-hybridized carbons (Fsp3) is 0.0769. The van der Waals surface area contributed by atoms with Crippen LogP contribution < -0.4 is 5.73 Å². The van der Waals surface area contributed by atoms with E-state index in [2.05, 4.69) is 20.1 Å². The van der Waals surface area contributed by atoms with Crippen LogP contribution in [0, 0.1) is 0 Å². The van der Waals surface area contributed by atoms with Crippen molar-refractivity contribution in [2.45, 2.75) is 5.16 Å². The van der Waals surface area contributed by atoms with Gasteiger partial charge in [0.1, 0.15) is 5.58 Å². The van der Waals surface area contributed by atoms with Crippen LogP contribution in [-0.4, -0.2) is 39.2 Å². The molecule has 1 aromatic carbocycles. The lowest BCUT2D eigenvalue weighted by atomic mass is 10.1. The molecular weight excluding hydrogens is 320 g/mol. The molecule has 116 valence electrons. The average Bonchev–Trinajstić information content (AvgIpc) is 3.12. The van der Waals surface area contributed by atoms with E-state index in [0.29, 0.717) is 11.4 Å². The van der Waals surface area contributed by atoms with E-state index < -0.39 is 9.84 Å². The molecule has 4 rings (SSSR count). The largest absolute Gasteiger partial charge is 0.464 e. The molecule has 4 aromatic rings. The highest BCUT2D eigenvalue weighted by Gasteiger charge is 2.18. The molecule has 3 aromatic heterocycles. The van der Waals surface area contributed by atoms with E-state index in [1.54, 1.807) is 12.3 Å². The van der Waals surface area contributed by atoms with Gasteiger partial charge in [0, 0.05) is 17.2 Å². The quantitative estimate of drug-likeness (QED) is 0.574. The van der Waals surface area contributed by atoms with Crippen LogP contribution >= 0.6 is 0 Å². The Bertz CT molecular complexity index is 1160. The fourth-order valence-electron chi connectivity index (χ4n) is 2.25. The van der Waals surface area contributed by atoms with Crippen molar-refractivity contribution in [1.29, 1.82) is 0 Å². The summed E-state index contributed by atoms with van der Waals surface area (Å²) in [6, 6.07) is 7.26. The number of aromatic nitrogens is 5. The summed E-state index contributed by atoms with van der Waals surface area (Å²) in [7, 11) is -3.60. The van der Waals surface area contributed by atoms with Gasteiger partial charge in [-0.05, 0) is 12.1 Å². The number of benzene rings is 1. The Labute approximate surface area is 129 Å². The van der Waals surface area contributed by atoms with Crippen LogP contribution in [0.1, 0.15) is 0 Å². The molecule has 2 N–H and O–H groups in total. The number of rotatable bonds is 2. The van der Waals surface area contributed by atoms with E-state index in [4.69, 9.17) is 10.2 Å². The van der Waals surface area contributed by atoms with Gasteiger partial charge in [-0.25, -0.2) is 8.42 Å². The molecule has 0 saturated carbocycles. The molecule has 0 amide bonds. The highest BCUT2D eigenvalue weighted by atomic mass is 32.2. The van der Waals surface area contributed by atoms with Crippen LogP contribution in [0.15, 0.2) is 40.1 Å². The number of fused-ring (bicyclic) bond motifs is 2. The van der Waals surface area contributed by atoms with E-state index >= 15 is 0 Å². The van der Waals surface area contributed by atoms with Gasteiger partial charge in [0.05, 0.1) is 6.26 Å². The van der Waals surface area contributed by atoms with Crippen molar-refractivity contribution in [2.75, 3.05) is 12.0 Å². The molecule has 0 radical (unpaired) electrons. The summed E-state index contributed by atoms with van der Waals surface area (Å²) < 4.78 is 29.7. The zero-order chi connectivity index (χ0) is 16.2. The molecule has 0 unspecified atom stereocenters. The molecule has 0 fully saturated rings. The topological polar surface area (TPSA) is 129 Å². The third-order valence-corrected chi connectivity index (χ3v) is 4.13. The van der Waals surface area contributed by atoms with E-state index in [1.165, 1.54) is 4.52 Å². The zero-order valence-corrected chi connectivity index (χ0v) is 12.6. The summed E-state index contributed by atoms with van der Waals surface area (Å²) in [6.07, 6.45) is 2.57. The van der Waals surface area contributed by atoms with Crippen LogP contribution in [0.3, 0.4) is 0 Å². The monoisotopic (exact) mass is 330 g/mol. The third-order valence-electron chi connectivity index (χ3n) is 3.28. The fourth-order valence-corrected chi connectivity index (χ4v) is 2.76. The van der Waals surface area contributed by atoms with Crippen molar-refractivity contribution in [2.24, 2.45) is 0 Å². The summed E-state index contributed by atoms with van der Waals surface area (Å²) in [5, 5.41) is 4.70. The Morgan fingerprint density at radius 1 is 1.17 bits per heavy atom. The van der Waals surface area contributed by atoms with Gasteiger partial charge in [-0.15, -0.1) is 5.10 Å². The minimum Gasteiger partial charge on any atom is -0.464 e. The van der Waals surface area contributed by atoms with Crippen molar-refractivity contribution in [3.8, 4) is 11.4 Å². The van der Waals surface area contributed by atoms with E-state index in [9.17, 15) is 8.42 Å². The third kappa shape index (κ3) is 2.11. The lowest BCUT2D eigenvalue weighted by Crippen LogP contribution is -2.11.